The van der Waals surface area contributed by atoms with Crippen molar-refractivity contribution in [2.24, 2.45) is 5.92 Å². The number of rotatable bonds is 4. The molecule has 15 heteroatoms. The van der Waals surface area contributed by atoms with Crippen LogP contribution in [0, 0.1) is 5.92 Å². The van der Waals surface area contributed by atoms with Crippen molar-refractivity contribution >= 4 is 31.8 Å². The van der Waals surface area contributed by atoms with E-state index in [1.54, 1.807) is 6.20 Å². The summed E-state index contributed by atoms with van der Waals surface area (Å²) in [6.45, 7) is 0.996. The van der Waals surface area contributed by atoms with Crippen LogP contribution in [0.4, 0.5) is 19.1 Å². The summed E-state index contributed by atoms with van der Waals surface area (Å²) in [5, 5.41) is 9.60. The standard InChI is InChI=1S/C14H20N4O4S2.C2HF3O2/c1-23(19,20)18-6-11-12(7-18)24(21,22)8-10-5-16-14(17-13(10)11)15-4-9-2-3-9;3-2(4,5)1(6)7/h5,9,11-12H,2-4,6-8H2,1H3,(H,15,16,17);(H,6,7)/t11-,12+;/m0./s1. The molecule has 10 nitrogen and oxygen atoms in total. The number of sulfonamides is 1. The van der Waals surface area contributed by atoms with E-state index in [2.05, 4.69) is 15.3 Å². The monoisotopic (exact) mass is 486 g/mol. The Hall–Kier alpha value is -2.00. The summed E-state index contributed by atoms with van der Waals surface area (Å²) in [5.41, 5.74) is 1.26. The molecule has 3 heterocycles. The first-order chi connectivity index (χ1) is 14.2. The Labute approximate surface area is 176 Å². The third-order valence-electron chi connectivity index (χ3n) is 5.26. The lowest BCUT2D eigenvalue weighted by atomic mass is 10.00. The van der Waals surface area contributed by atoms with E-state index >= 15 is 0 Å². The summed E-state index contributed by atoms with van der Waals surface area (Å²) in [7, 11) is -6.83. The third-order valence-corrected chi connectivity index (χ3v) is 8.61. The van der Waals surface area contributed by atoms with Crippen LogP contribution in [0.5, 0.6) is 0 Å². The molecular formula is C16H21F3N4O6S2. The lowest BCUT2D eigenvalue weighted by Crippen LogP contribution is -2.35. The predicted molar refractivity (Wildman–Crippen MR) is 103 cm³/mol. The molecule has 0 bridgehead atoms. The van der Waals surface area contributed by atoms with Crippen molar-refractivity contribution in [3.63, 3.8) is 0 Å². The van der Waals surface area contributed by atoms with Crippen molar-refractivity contribution in [3.05, 3.63) is 17.5 Å². The van der Waals surface area contributed by atoms with Crippen LogP contribution in [0.1, 0.15) is 30.0 Å². The Kier molecular flexibility index (Phi) is 6.23. The minimum absolute atomic E-state index is 0.0140. The van der Waals surface area contributed by atoms with Crippen LogP contribution < -0.4 is 5.32 Å². The van der Waals surface area contributed by atoms with Crippen molar-refractivity contribution in [2.45, 2.75) is 35.9 Å². The Balaban J connectivity index is 0.000000339. The number of carboxylic acids is 1. The molecule has 31 heavy (non-hydrogen) atoms. The minimum Gasteiger partial charge on any atom is -0.475 e. The number of nitrogens with one attached hydrogen (secondary N) is 1. The largest absolute Gasteiger partial charge is 0.490 e. The molecule has 1 aromatic rings. The molecule has 4 rings (SSSR count). The van der Waals surface area contributed by atoms with Crippen molar-refractivity contribution in [2.75, 3.05) is 31.2 Å². The normalized spacial score (nSPS) is 25.0. The topological polar surface area (TPSA) is 147 Å². The highest BCUT2D eigenvalue weighted by Crippen LogP contribution is 2.40. The first kappa shape index (κ1) is 23.7. The summed E-state index contributed by atoms with van der Waals surface area (Å²) in [5.74, 6) is -2.13. The van der Waals surface area contributed by atoms with Gasteiger partial charge in [0.2, 0.25) is 16.0 Å². The number of aromatic nitrogens is 2. The van der Waals surface area contributed by atoms with Crippen LogP contribution in [0.2, 0.25) is 0 Å². The van der Waals surface area contributed by atoms with Gasteiger partial charge in [0.05, 0.1) is 23.0 Å². The van der Waals surface area contributed by atoms with Gasteiger partial charge in [-0.25, -0.2) is 35.9 Å². The molecule has 2 N–H and O–H groups in total. The molecule has 3 aliphatic rings. The second-order valence-corrected chi connectivity index (χ2v) is 12.0. The Morgan fingerprint density at radius 3 is 2.45 bits per heavy atom. The number of carboxylic acid groups (broad SMARTS) is 1. The maximum atomic E-state index is 12.5. The summed E-state index contributed by atoms with van der Waals surface area (Å²) >= 11 is 0. The van der Waals surface area contributed by atoms with Crippen molar-refractivity contribution < 1.29 is 39.9 Å². The van der Waals surface area contributed by atoms with Crippen molar-refractivity contribution in [1.29, 1.82) is 0 Å². The molecular weight excluding hydrogens is 465 g/mol. The zero-order valence-corrected chi connectivity index (χ0v) is 18.0. The van der Waals surface area contributed by atoms with E-state index in [-0.39, 0.29) is 18.8 Å². The van der Waals surface area contributed by atoms with E-state index in [0.29, 0.717) is 23.1 Å². The van der Waals surface area contributed by atoms with Crippen LogP contribution in [0.25, 0.3) is 0 Å². The van der Waals surface area contributed by atoms with Crippen LogP contribution in [-0.2, 0) is 30.4 Å². The highest BCUT2D eigenvalue weighted by molar-refractivity contribution is 7.91. The minimum atomic E-state index is -5.08. The molecule has 0 aromatic carbocycles. The van der Waals surface area contributed by atoms with E-state index < -0.39 is 43.2 Å². The molecule has 0 radical (unpaired) electrons. The molecule has 1 saturated carbocycles. The van der Waals surface area contributed by atoms with E-state index in [1.165, 1.54) is 17.1 Å². The summed E-state index contributed by atoms with van der Waals surface area (Å²) in [6, 6.07) is 0. The van der Waals surface area contributed by atoms with Gasteiger partial charge in [-0.2, -0.15) is 13.2 Å². The van der Waals surface area contributed by atoms with Gasteiger partial charge in [-0.3, -0.25) is 0 Å². The second-order valence-electron chi connectivity index (χ2n) is 7.76. The zero-order chi connectivity index (χ0) is 23.2. The van der Waals surface area contributed by atoms with Crippen LogP contribution in [0.3, 0.4) is 0 Å². The molecule has 2 atom stereocenters. The lowest BCUT2D eigenvalue weighted by Gasteiger charge is -2.26. The molecule has 0 unspecified atom stereocenters. The van der Waals surface area contributed by atoms with Gasteiger partial charge in [-0.05, 0) is 18.8 Å². The SMILES string of the molecule is CS(=O)(=O)N1C[C@@H]2c3nc(NCC4CC4)ncc3CS(=O)(=O)[C@@H]2C1.O=C(O)C(F)(F)F. The zero-order valence-electron chi connectivity index (χ0n) is 16.3. The van der Waals surface area contributed by atoms with Gasteiger partial charge in [0, 0.05) is 37.3 Å². The number of anilines is 1. The third kappa shape index (κ3) is 5.63. The average molecular weight is 486 g/mol. The number of sulfone groups is 1. The number of alkyl halides is 3. The molecule has 0 spiro atoms. The number of fused-ring (bicyclic) bond motifs is 3. The van der Waals surface area contributed by atoms with Gasteiger partial charge in [0.25, 0.3) is 0 Å². The van der Waals surface area contributed by atoms with Gasteiger partial charge in [0.15, 0.2) is 9.84 Å². The fourth-order valence-electron chi connectivity index (χ4n) is 3.46. The number of hydrogen-bond donors (Lipinski definition) is 2. The molecule has 2 aliphatic heterocycles. The Bertz CT molecular complexity index is 1070. The lowest BCUT2D eigenvalue weighted by molar-refractivity contribution is -0.192. The summed E-state index contributed by atoms with van der Waals surface area (Å²) in [6.07, 6.45) is 0.0172. The van der Waals surface area contributed by atoms with E-state index in [0.717, 1.165) is 12.8 Å². The molecule has 1 saturated heterocycles. The Morgan fingerprint density at radius 2 is 1.94 bits per heavy atom. The summed E-state index contributed by atoms with van der Waals surface area (Å²) in [4.78, 5) is 17.6. The predicted octanol–water partition coefficient (Wildman–Crippen LogP) is 0.588. The second kappa shape index (κ2) is 8.16. The van der Waals surface area contributed by atoms with Gasteiger partial charge < -0.3 is 10.4 Å². The molecule has 1 aliphatic carbocycles. The molecule has 2 fully saturated rings. The number of aliphatic carboxylic acids is 1. The maximum Gasteiger partial charge on any atom is 0.490 e. The highest BCUT2D eigenvalue weighted by Gasteiger charge is 2.49. The van der Waals surface area contributed by atoms with E-state index in [9.17, 15) is 30.0 Å². The smallest absolute Gasteiger partial charge is 0.475 e. The number of halogens is 3. The van der Waals surface area contributed by atoms with Gasteiger partial charge in [-0.1, -0.05) is 0 Å². The van der Waals surface area contributed by atoms with Gasteiger partial charge in [-0.15, -0.1) is 0 Å². The Morgan fingerprint density at radius 1 is 1.32 bits per heavy atom. The number of carbonyl (C=O) groups is 1. The van der Waals surface area contributed by atoms with Crippen LogP contribution in [0.15, 0.2) is 6.20 Å². The number of nitrogens with zero attached hydrogens (tertiary/aromatic N) is 3. The molecule has 174 valence electrons. The maximum absolute atomic E-state index is 12.5. The summed E-state index contributed by atoms with van der Waals surface area (Å²) < 4.78 is 81.7. The molecule has 1 aromatic heterocycles. The van der Waals surface area contributed by atoms with Crippen molar-refractivity contribution in [3.8, 4) is 0 Å². The quantitative estimate of drug-likeness (QED) is 0.624. The first-order valence-corrected chi connectivity index (χ1v) is 12.8. The fourth-order valence-corrected chi connectivity index (χ4v) is 6.41. The molecule has 0 amide bonds. The highest BCUT2D eigenvalue weighted by atomic mass is 32.2. The van der Waals surface area contributed by atoms with Crippen molar-refractivity contribution in [1.82, 2.24) is 14.3 Å². The van der Waals surface area contributed by atoms with Gasteiger partial charge >= 0.3 is 12.1 Å². The first-order valence-electron chi connectivity index (χ1n) is 9.25. The van der Waals surface area contributed by atoms with E-state index in [1.807, 2.05) is 0 Å². The average Bonchev–Trinajstić information content (AvgIpc) is 3.33. The van der Waals surface area contributed by atoms with Crippen LogP contribution >= 0.6 is 0 Å². The van der Waals surface area contributed by atoms with E-state index in [4.69, 9.17) is 9.90 Å². The fraction of sp³-hybridized carbons (Fsp3) is 0.688. The number of hydrogen-bond acceptors (Lipinski definition) is 8. The van der Waals surface area contributed by atoms with Gasteiger partial charge in [0.1, 0.15) is 0 Å². The van der Waals surface area contributed by atoms with Crippen LogP contribution in [-0.4, -0.2) is 79.5 Å².